The maximum Gasteiger partial charge on any atom is 0.328 e. The zero-order chi connectivity index (χ0) is 22.2. The van der Waals surface area contributed by atoms with E-state index in [4.69, 9.17) is 9.47 Å². The predicted molar refractivity (Wildman–Crippen MR) is 111 cm³/mol. The zero-order valence-corrected chi connectivity index (χ0v) is 16.8. The van der Waals surface area contributed by atoms with Crippen molar-refractivity contribution in [3.05, 3.63) is 101 Å². The molecule has 1 atom stereocenters. The smallest absolute Gasteiger partial charge is 0.328 e. The minimum absolute atomic E-state index is 0.101. The zero-order valence-electron chi connectivity index (χ0n) is 16.8. The Morgan fingerprint density at radius 1 is 0.935 bits per heavy atom. The van der Waals surface area contributed by atoms with Crippen molar-refractivity contribution in [2.75, 3.05) is 7.11 Å². The number of hydrogen-bond donors (Lipinski definition) is 1. The van der Waals surface area contributed by atoms with Gasteiger partial charge in [-0.3, -0.25) is 4.79 Å². The second kappa shape index (κ2) is 10.3. The van der Waals surface area contributed by atoms with Crippen LogP contribution >= 0.6 is 0 Å². The Morgan fingerprint density at radius 2 is 1.68 bits per heavy atom. The first-order valence-electron chi connectivity index (χ1n) is 9.55. The molecule has 160 valence electrons. The van der Waals surface area contributed by atoms with E-state index in [2.05, 4.69) is 5.32 Å². The van der Waals surface area contributed by atoms with Gasteiger partial charge in [0, 0.05) is 12.5 Å². The maximum absolute atomic E-state index is 13.9. The minimum Gasteiger partial charge on any atom is -0.489 e. The summed E-state index contributed by atoms with van der Waals surface area (Å²) in [6.45, 7) is 0.380. The average Bonchev–Trinajstić information content (AvgIpc) is 2.77. The summed E-state index contributed by atoms with van der Waals surface area (Å²) < 4.78 is 37.6. The molecule has 1 amide bonds. The summed E-state index contributed by atoms with van der Waals surface area (Å²) in [5.74, 6) is -2.75. The highest BCUT2D eigenvalue weighted by Crippen LogP contribution is 2.17. The second-order valence-electron chi connectivity index (χ2n) is 6.80. The standard InChI is InChI=1S/C24H21F2NO4/c1-30-24(29)22(27-23(28)20-11-10-18(25)14-21(20)26)13-17-8-5-9-19(12-17)31-15-16-6-3-2-4-7-16/h2-12,14,22H,13,15H2,1H3,(H,27,28)/t22-/m1/s1. The third-order valence-corrected chi connectivity index (χ3v) is 4.55. The molecule has 0 bridgehead atoms. The van der Waals surface area contributed by atoms with Gasteiger partial charge in [-0.25, -0.2) is 13.6 Å². The minimum atomic E-state index is -1.06. The Labute approximate surface area is 178 Å². The van der Waals surface area contributed by atoms with E-state index < -0.39 is 29.6 Å². The Bertz CT molecular complexity index is 1060. The second-order valence-corrected chi connectivity index (χ2v) is 6.80. The fourth-order valence-electron chi connectivity index (χ4n) is 2.98. The molecule has 0 heterocycles. The maximum atomic E-state index is 13.9. The van der Waals surface area contributed by atoms with Crippen LogP contribution in [0.15, 0.2) is 72.8 Å². The third-order valence-electron chi connectivity index (χ3n) is 4.55. The van der Waals surface area contributed by atoms with Crippen LogP contribution in [0.2, 0.25) is 0 Å². The van der Waals surface area contributed by atoms with Gasteiger partial charge in [-0.2, -0.15) is 0 Å². The highest BCUT2D eigenvalue weighted by molar-refractivity contribution is 5.97. The van der Waals surface area contributed by atoms with Crippen LogP contribution in [0.1, 0.15) is 21.5 Å². The summed E-state index contributed by atoms with van der Waals surface area (Å²) in [6.07, 6.45) is 0.101. The third kappa shape index (κ3) is 6.12. The summed E-state index contributed by atoms with van der Waals surface area (Å²) in [4.78, 5) is 24.6. The van der Waals surface area contributed by atoms with Crippen LogP contribution in [0.25, 0.3) is 0 Å². The highest BCUT2D eigenvalue weighted by atomic mass is 19.1. The van der Waals surface area contributed by atoms with Gasteiger partial charge in [0.15, 0.2) is 0 Å². The molecule has 0 fully saturated rings. The lowest BCUT2D eigenvalue weighted by atomic mass is 10.0. The quantitative estimate of drug-likeness (QED) is 0.553. The lowest BCUT2D eigenvalue weighted by Gasteiger charge is -2.17. The first-order valence-corrected chi connectivity index (χ1v) is 9.55. The van der Waals surface area contributed by atoms with Gasteiger partial charge in [0.2, 0.25) is 0 Å². The lowest BCUT2D eigenvalue weighted by Crippen LogP contribution is -2.43. The fourth-order valence-corrected chi connectivity index (χ4v) is 2.98. The molecule has 0 spiro atoms. The summed E-state index contributed by atoms with van der Waals surface area (Å²) in [6, 6.07) is 18.3. The first kappa shape index (κ1) is 22.0. The van der Waals surface area contributed by atoms with Gasteiger partial charge >= 0.3 is 5.97 Å². The Balaban J connectivity index is 1.70. The number of methoxy groups -OCH3 is 1. The van der Waals surface area contributed by atoms with Crippen LogP contribution in [0.4, 0.5) is 8.78 Å². The molecule has 3 aromatic carbocycles. The van der Waals surface area contributed by atoms with E-state index in [0.717, 1.165) is 17.7 Å². The van der Waals surface area contributed by atoms with Gasteiger partial charge in [0.1, 0.15) is 30.0 Å². The molecule has 0 aromatic heterocycles. The van der Waals surface area contributed by atoms with E-state index in [-0.39, 0.29) is 12.0 Å². The van der Waals surface area contributed by atoms with Crippen LogP contribution in [-0.2, 0) is 22.6 Å². The summed E-state index contributed by atoms with van der Waals surface area (Å²) in [7, 11) is 1.19. The number of hydrogen-bond acceptors (Lipinski definition) is 4. The lowest BCUT2D eigenvalue weighted by molar-refractivity contribution is -0.142. The fraction of sp³-hybridized carbons (Fsp3) is 0.167. The van der Waals surface area contributed by atoms with Crippen molar-refractivity contribution in [3.8, 4) is 5.75 Å². The van der Waals surface area contributed by atoms with Crippen molar-refractivity contribution in [2.45, 2.75) is 19.1 Å². The topological polar surface area (TPSA) is 64.6 Å². The molecule has 5 nitrogen and oxygen atoms in total. The molecule has 0 radical (unpaired) electrons. The van der Waals surface area contributed by atoms with Crippen molar-refractivity contribution in [3.63, 3.8) is 0 Å². The number of carbonyl (C=O) groups excluding carboxylic acids is 2. The van der Waals surface area contributed by atoms with E-state index in [0.29, 0.717) is 24.0 Å². The highest BCUT2D eigenvalue weighted by Gasteiger charge is 2.24. The first-order chi connectivity index (χ1) is 15.0. The summed E-state index contributed by atoms with van der Waals surface area (Å²) >= 11 is 0. The van der Waals surface area contributed by atoms with E-state index in [1.807, 2.05) is 30.3 Å². The molecule has 3 rings (SSSR count). The normalized spacial score (nSPS) is 11.5. The molecule has 0 aliphatic carbocycles. The molecule has 0 saturated heterocycles. The Morgan fingerprint density at radius 3 is 2.39 bits per heavy atom. The van der Waals surface area contributed by atoms with Gasteiger partial charge in [-0.1, -0.05) is 42.5 Å². The van der Waals surface area contributed by atoms with Crippen molar-refractivity contribution in [1.82, 2.24) is 5.32 Å². The van der Waals surface area contributed by atoms with E-state index >= 15 is 0 Å². The molecule has 1 N–H and O–H groups in total. The molecule has 3 aromatic rings. The van der Waals surface area contributed by atoms with Crippen LogP contribution in [0.5, 0.6) is 5.75 Å². The number of rotatable bonds is 8. The summed E-state index contributed by atoms with van der Waals surface area (Å²) in [5, 5.41) is 2.45. The van der Waals surface area contributed by atoms with Crippen molar-refractivity contribution >= 4 is 11.9 Å². The van der Waals surface area contributed by atoms with Gasteiger partial charge in [-0.15, -0.1) is 0 Å². The monoisotopic (exact) mass is 425 g/mol. The Hall–Kier alpha value is -3.74. The average molecular weight is 425 g/mol. The molecular formula is C24H21F2NO4. The predicted octanol–water partition coefficient (Wildman–Crippen LogP) is 4.06. The Kier molecular flexibility index (Phi) is 7.32. The molecular weight excluding hydrogens is 404 g/mol. The number of carbonyl (C=O) groups is 2. The number of amides is 1. The number of benzene rings is 3. The summed E-state index contributed by atoms with van der Waals surface area (Å²) in [5.41, 5.74) is 1.35. The van der Waals surface area contributed by atoms with Crippen LogP contribution in [0, 0.1) is 11.6 Å². The van der Waals surface area contributed by atoms with Gasteiger partial charge < -0.3 is 14.8 Å². The van der Waals surface area contributed by atoms with Crippen molar-refractivity contribution in [2.24, 2.45) is 0 Å². The molecule has 31 heavy (non-hydrogen) atoms. The molecule has 0 unspecified atom stereocenters. The van der Waals surface area contributed by atoms with Gasteiger partial charge in [0.25, 0.3) is 5.91 Å². The van der Waals surface area contributed by atoms with Gasteiger partial charge in [0.05, 0.1) is 12.7 Å². The molecule has 0 aliphatic rings. The van der Waals surface area contributed by atoms with Crippen LogP contribution in [-0.4, -0.2) is 25.0 Å². The number of halogens is 2. The number of ether oxygens (including phenoxy) is 2. The van der Waals surface area contributed by atoms with Crippen molar-refractivity contribution in [1.29, 1.82) is 0 Å². The number of esters is 1. The van der Waals surface area contributed by atoms with Crippen LogP contribution < -0.4 is 10.1 Å². The van der Waals surface area contributed by atoms with Crippen LogP contribution in [0.3, 0.4) is 0 Å². The van der Waals surface area contributed by atoms with E-state index in [1.54, 1.807) is 24.3 Å². The van der Waals surface area contributed by atoms with Gasteiger partial charge in [-0.05, 0) is 35.4 Å². The molecule has 0 aliphatic heterocycles. The van der Waals surface area contributed by atoms with E-state index in [1.165, 1.54) is 7.11 Å². The largest absolute Gasteiger partial charge is 0.489 e. The SMILES string of the molecule is COC(=O)[C@@H](Cc1cccc(OCc2ccccc2)c1)NC(=O)c1ccc(F)cc1F. The number of nitrogens with one attached hydrogen (secondary N) is 1. The van der Waals surface area contributed by atoms with Crippen molar-refractivity contribution < 1.29 is 27.8 Å². The molecule has 0 saturated carbocycles. The molecule has 7 heteroatoms. The van der Waals surface area contributed by atoms with E-state index in [9.17, 15) is 18.4 Å².